The molecule has 96 valence electrons. The second-order valence-corrected chi connectivity index (χ2v) is 6.62. The minimum Gasteiger partial charge on any atom is -0.0888 e. The van der Waals surface area contributed by atoms with Gasteiger partial charge in [-0.05, 0) is 25.2 Å². The average molecular weight is 289 g/mol. The lowest BCUT2D eigenvalue weighted by molar-refractivity contribution is 0.383. The maximum atomic E-state index is 3.88. The lowest BCUT2D eigenvalue weighted by Crippen LogP contribution is -2.14. The molecule has 0 aliphatic heterocycles. The lowest BCUT2D eigenvalue weighted by Gasteiger charge is -2.22. The van der Waals surface area contributed by atoms with E-state index in [1.54, 1.807) is 0 Å². The second-order valence-electron chi connectivity index (χ2n) is 5.44. The summed E-state index contributed by atoms with van der Waals surface area (Å²) in [6, 6.07) is 0. The van der Waals surface area contributed by atoms with Crippen molar-refractivity contribution in [3.8, 4) is 0 Å². The zero-order valence-corrected chi connectivity index (χ0v) is 12.6. The van der Waals surface area contributed by atoms with Crippen LogP contribution in [-0.4, -0.2) is 4.83 Å². The first-order chi connectivity index (χ1) is 7.84. The predicted molar refractivity (Wildman–Crippen MR) is 77.3 cm³/mol. The summed E-state index contributed by atoms with van der Waals surface area (Å²) < 4.78 is 0. The normalized spacial score (nSPS) is 24.4. The quantitative estimate of drug-likeness (QED) is 0.540. The smallest absolute Gasteiger partial charge is 0.0171 e. The molecule has 0 spiro atoms. The molecule has 0 aromatic rings. The van der Waals surface area contributed by atoms with Crippen molar-refractivity contribution in [2.45, 2.75) is 88.8 Å². The minimum atomic E-state index is 0.774. The van der Waals surface area contributed by atoms with Crippen LogP contribution in [0.2, 0.25) is 0 Å². The Kier molecular flexibility index (Phi) is 8.64. The first kappa shape index (κ1) is 14.5. The van der Waals surface area contributed by atoms with Crippen LogP contribution in [0.1, 0.15) is 84.0 Å². The third-order valence-corrected chi connectivity index (χ3v) is 5.45. The highest BCUT2D eigenvalue weighted by Gasteiger charge is 2.16. The molecule has 0 nitrogen and oxygen atoms in total. The van der Waals surface area contributed by atoms with Gasteiger partial charge in [0.1, 0.15) is 0 Å². The van der Waals surface area contributed by atoms with E-state index in [2.05, 4.69) is 22.9 Å². The Bertz CT molecular complexity index is 144. The Morgan fingerprint density at radius 1 is 0.812 bits per heavy atom. The van der Waals surface area contributed by atoms with Gasteiger partial charge in [0.2, 0.25) is 0 Å². The summed E-state index contributed by atoms with van der Waals surface area (Å²) in [6.07, 6.45) is 17.5. The second kappa shape index (κ2) is 9.50. The number of hydrogen-bond acceptors (Lipinski definition) is 0. The third kappa shape index (κ3) is 6.27. The molecule has 0 aromatic heterocycles. The van der Waals surface area contributed by atoms with Crippen LogP contribution >= 0.6 is 15.9 Å². The van der Waals surface area contributed by atoms with Gasteiger partial charge in [0, 0.05) is 4.83 Å². The molecule has 16 heavy (non-hydrogen) atoms. The molecule has 1 saturated carbocycles. The summed E-state index contributed by atoms with van der Waals surface area (Å²) in [5, 5.41) is 0. The van der Waals surface area contributed by atoms with Gasteiger partial charge in [0.15, 0.2) is 0 Å². The highest BCUT2D eigenvalue weighted by atomic mass is 79.9. The maximum Gasteiger partial charge on any atom is 0.0171 e. The molecule has 1 rings (SSSR count). The van der Waals surface area contributed by atoms with Crippen LogP contribution in [0.3, 0.4) is 0 Å². The Morgan fingerprint density at radius 2 is 1.19 bits per heavy atom. The van der Waals surface area contributed by atoms with Crippen LogP contribution in [0.5, 0.6) is 0 Å². The van der Waals surface area contributed by atoms with Gasteiger partial charge in [-0.15, -0.1) is 0 Å². The van der Waals surface area contributed by atoms with E-state index in [4.69, 9.17) is 0 Å². The highest BCUT2D eigenvalue weighted by molar-refractivity contribution is 9.09. The molecule has 0 N–H and O–H groups in total. The van der Waals surface area contributed by atoms with Crippen molar-refractivity contribution >= 4 is 15.9 Å². The molecule has 0 amide bonds. The van der Waals surface area contributed by atoms with Crippen molar-refractivity contribution in [3.63, 3.8) is 0 Å². The van der Waals surface area contributed by atoms with Crippen molar-refractivity contribution in [1.82, 2.24) is 0 Å². The molecule has 1 aliphatic carbocycles. The maximum absolute atomic E-state index is 3.88. The first-order valence-corrected chi connectivity index (χ1v) is 8.40. The molecule has 1 fully saturated rings. The number of alkyl halides is 1. The predicted octanol–water partition coefficient (Wildman–Crippen LogP) is 6.08. The lowest BCUT2D eigenvalue weighted by atomic mass is 9.90. The fourth-order valence-corrected chi connectivity index (χ4v) is 3.42. The van der Waals surface area contributed by atoms with Crippen LogP contribution in [0.4, 0.5) is 0 Å². The fraction of sp³-hybridized carbons (Fsp3) is 1.00. The third-order valence-electron chi connectivity index (χ3n) is 4.05. The number of rotatable bonds is 2. The Labute approximate surface area is 111 Å². The zero-order valence-electron chi connectivity index (χ0n) is 11.0. The van der Waals surface area contributed by atoms with Gasteiger partial charge in [-0.25, -0.2) is 0 Å². The molecule has 0 heterocycles. The van der Waals surface area contributed by atoms with Gasteiger partial charge in [-0.1, -0.05) is 80.6 Å². The summed E-state index contributed by atoms with van der Waals surface area (Å²) in [5.41, 5.74) is 0. The molecular weight excluding hydrogens is 260 g/mol. The topological polar surface area (TPSA) is 0 Å². The van der Waals surface area contributed by atoms with Crippen molar-refractivity contribution < 1.29 is 0 Å². The monoisotopic (exact) mass is 288 g/mol. The van der Waals surface area contributed by atoms with E-state index in [0.29, 0.717) is 0 Å². The van der Waals surface area contributed by atoms with E-state index in [1.807, 2.05) is 0 Å². The largest absolute Gasteiger partial charge is 0.0888 e. The van der Waals surface area contributed by atoms with Crippen LogP contribution in [0.25, 0.3) is 0 Å². The molecule has 1 aliphatic rings. The van der Waals surface area contributed by atoms with Gasteiger partial charge in [0.05, 0.1) is 0 Å². The standard InChI is InChI=1S/C15H29Br/c1-2-15(16)14-12-10-8-6-4-3-5-7-9-11-13-14/h14-15H,2-13H2,1H3. The number of halogens is 1. The van der Waals surface area contributed by atoms with Crippen LogP contribution in [-0.2, 0) is 0 Å². The SMILES string of the molecule is CCC(Br)C1CCCCCCCCCCC1. The van der Waals surface area contributed by atoms with E-state index in [-0.39, 0.29) is 0 Å². The highest BCUT2D eigenvalue weighted by Crippen LogP contribution is 2.28. The Hall–Kier alpha value is 0.480. The van der Waals surface area contributed by atoms with Crippen molar-refractivity contribution in [2.75, 3.05) is 0 Å². The molecule has 1 unspecified atom stereocenters. The summed E-state index contributed by atoms with van der Waals surface area (Å²) in [5.74, 6) is 0.949. The minimum absolute atomic E-state index is 0.774. The zero-order chi connectivity index (χ0) is 11.6. The van der Waals surface area contributed by atoms with E-state index in [1.165, 1.54) is 77.0 Å². The van der Waals surface area contributed by atoms with Crippen LogP contribution in [0.15, 0.2) is 0 Å². The van der Waals surface area contributed by atoms with E-state index >= 15 is 0 Å². The summed E-state index contributed by atoms with van der Waals surface area (Å²) >= 11 is 3.88. The van der Waals surface area contributed by atoms with E-state index in [9.17, 15) is 0 Å². The molecule has 0 radical (unpaired) electrons. The van der Waals surface area contributed by atoms with Gasteiger partial charge in [-0.2, -0.15) is 0 Å². The van der Waals surface area contributed by atoms with Gasteiger partial charge in [0.25, 0.3) is 0 Å². The molecule has 0 aromatic carbocycles. The molecule has 0 saturated heterocycles. The molecule has 0 bridgehead atoms. The summed E-state index contributed by atoms with van der Waals surface area (Å²) in [6.45, 7) is 2.32. The van der Waals surface area contributed by atoms with Gasteiger partial charge >= 0.3 is 0 Å². The van der Waals surface area contributed by atoms with Gasteiger partial charge < -0.3 is 0 Å². The Morgan fingerprint density at radius 3 is 1.56 bits per heavy atom. The molecular formula is C15H29Br. The van der Waals surface area contributed by atoms with Crippen LogP contribution < -0.4 is 0 Å². The first-order valence-electron chi connectivity index (χ1n) is 7.48. The summed E-state index contributed by atoms with van der Waals surface area (Å²) in [7, 11) is 0. The van der Waals surface area contributed by atoms with Gasteiger partial charge in [-0.3, -0.25) is 0 Å². The average Bonchev–Trinajstić information content (AvgIpc) is 2.29. The van der Waals surface area contributed by atoms with Crippen molar-refractivity contribution in [2.24, 2.45) is 5.92 Å². The molecule has 1 atom stereocenters. The molecule has 1 heteroatoms. The van der Waals surface area contributed by atoms with Crippen molar-refractivity contribution in [1.29, 1.82) is 0 Å². The Balaban J connectivity index is 2.30. The van der Waals surface area contributed by atoms with E-state index in [0.717, 1.165) is 10.7 Å². The van der Waals surface area contributed by atoms with Crippen molar-refractivity contribution in [3.05, 3.63) is 0 Å². The van der Waals surface area contributed by atoms with E-state index < -0.39 is 0 Å². The summed E-state index contributed by atoms with van der Waals surface area (Å²) in [4.78, 5) is 0.774. The fourth-order valence-electron chi connectivity index (χ4n) is 2.89. The van der Waals surface area contributed by atoms with Crippen LogP contribution in [0, 0.1) is 5.92 Å². The number of hydrogen-bond donors (Lipinski definition) is 0.